The maximum Gasteiger partial charge on any atom is 0.327 e. The van der Waals surface area contributed by atoms with Crippen LogP contribution in [0, 0.1) is 0 Å². The zero-order valence-corrected chi connectivity index (χ0v) is 20.1. The Balaban J connectivity index is 3.69. The van der Waals surface area contributed by atoms with Gasteiger partial charge < -0.3 is 25.7 Å². The van der Waals surface area contributed by atoms with E-state index in [4.69, 9.17) is 5.11 Å². The van der Waals surface area contributed by atoms with Gasteiger partial charge in [-0.15, -0.1) is 0 Å². The highest BCUT2D eigenvalue weighted by Crippen LogP contribution is 2.13. The minimum Gasteiger partial charge on any atom is -0.480 e. The molecule has 0 aromatic heterocycles. The van der Waals surface area contributed by atoms with Gasteiger partial charge in [0.25, 0.3) is 0 Å². The molecule has 0 aliphatic heterocycles. The molecule has 3 atom stereocenters. The van der Waals surface area contributed by atoms with Gasteiger partial charge in [-0.1, -0.05) is 84.0 Å². The van der Waals surface area contributed by atoms with Crippen LogP contribution in [0.15, 0.2) is 0 Å². The van der Waals surface area contributed by atoms with Crippen molar-refractivity contribution in [3.63, 3.8) is 0 Å². The number of aliphatic carboxylic acids is 1. The summed E-state index contributed by atoms with van der Waals surface area (Å²) in [6.07, 6.45) is 13.9. The van der Waals surface area contributed by atoms with Gasteiger partial charge in [-0.3, -0.25) is 4.79 Å². The fourth-order valence-corrected chi connectivity index (χ4v) is 4.35. The van der Waals surface area contributed by atoms with E-state index in [1.165, 1.54) is 64.2 Å². The maximum absolute atomic E-state index is 12.0. The number of unbranched alkanes of at least 4 members (excludes halogenated alkanes) is 12. The predicted octanol–water partition coefficient (Wildman–Crippen LogP) is 3.48. The highest BCUT2D eigenvalue weighted by atomic mass is 32.2. The molecule has 0 rings (SSSR count). The van der Waals surface area contributed by atoms with E-state index in [1.54, 1.807) is 0 Å². The fourth-order valence-electron chi connectivity index (χ4n) is 3.28. The number of amides is 1. The first-order chi connectivity index (χ1) is 14.9. The van der Waals surface area contributed by atoms with Gasteiger partial charge in [-0.2, -0.15) is 11.8 Å². The Morgan fingerprint density at radius 2 is 1.26 bits per heavy atom. The van der Waals surface area contributed by atoms with E-state index >= 15 is 0 Å². The van der Waals surface area contributed by atoms with E-state index < -0.39 is 30.8 Å². The first-order valence-corrected chi connectivity index (χ1v) is 13.1. The van der Waals surface area contributed by atoms with Crippen molar-refractivity contribution in [1.82, 2.24) is 5.32 Å². The number of carboxylic acids is 1. The summed E-state index contributed by atoms with van der Waals surface area (Å²) in [4.78, 5) is 23.3. The smallest absolute Gasteiger partial charge is 0.327 e. The van der Waals surface area contributed by atoms with Crippen LogP contribution in [0.25, 0.3) is 0 Å². The number of aliphatic hydroxyl groups excluding tert-OH is 3. The summed E-state index contributed by atoms with van der Waals surface area (Å²) in [5.74, 6) is -1.22. The average molecular weight is 464 g/mol. The van der Waals surface area contributed by atoms with Crippen LogP contribution in [0.2, 0.25) is 0 Å². The molecule has 0 fully saturated rings. The number of carbonyl (C=O) groups is 2. The number of hydrogen-bond acceptors (Lipinski definition) is 6. The normalized spacial score (nSPS) is 14.2. The summed E-state index contributed by atoms with van der Waals surface area (Å²) in [5.41, 5.74) is 0. The van der Waals surface area contributed by atoms with Crippen molar-refractivity contribution in [1.29, 1.82) is 0 Å². The first-order valence-electron chi connectivity index (χ1n) is 12.0. The molecule has 0 aliphatic carbocycles. The van der Waals surface area contributed by atoms with Crippen LogP contribution < -0.4 is 5.32 Å². The predicted molar refractivity (Wildman–Crippen MR) is 126 cm³/mol. The quantitative estimate of drug-likeness (QED) is 0.156. The largest absolute Gasteiger partial charge is 0.480 e. The lowest BCUT2D eigenvalue weighted by Gasteiger charge is -2.17. The third-order valence-electron chi connectivity index (χ3n) is 5.35. The van der Waals surface area contributed by atoms with Gasteiger partial charge in [-0.05, 0) is 6.42 Å². The summed E-state index contributed by atoms with van der Waals surface area (Å²) < 4.78 is 0. The van der Waals surface area contributed by atoms with Crippen molar-refractivity contribution < 1.29 is 30.0 Å². The van der Waals surface area contributed by atoms with Gasteiger partial charge >= 0.3 is 5.97 Å². The number of carbonyl (C=O) groups excluding carboxylic acids is 1. The van der Waals surface area contributed by atoms with Crippen molar-refractivity contribution in [3.05, 3.63) is 0 Å². The molecule has 5 N–H and O–H groups in total. The Morgan fingerprint density at radius 3 is 1.71 bits per heavy atom. The highest BCUT2D eigenvalue weighted by Gasteiger charge is 2.21. The van der Waals surface area contributed by atoms with Crippen molar-refractivity contribution in [2.75, 3.05) is 18.1 Å². The second-order valence-corrected chi connectivity index (χ2v) is 9.38. The monoisotopic (exact) mass is 463 g/mol. The van der Waals surface area contributed by atoms with Crippen LogP contribution in [0.5, 0.6) is 0 Å². The van der Waals surface area contributed by atoms with Crippen molar-refractivity contribution in [3.8, 4) is 0 Å². The Labute approximate surface area is 192 Å². The molecular formula is C23H45NO6S. The lowest BCUT2D eigenvalue weighted by atomic mass is 10.0. The Morgan fingerprint density at radius 1 is 0.774 bits per heavy atom. The van der Waals surface area contributed by atoms with E-state index in [0.29, 0.717) is 6.42 Å². The van der Waals surface area contributed by atoms with Crippen LogP contribution in [-0.4, -0.2) is 68.7 Å². The third-order valence-corrected chi connectivity index (χ3v) is 6.49. The number of nitrogens with one attached hydrogen (secondary N) is 1. The molecule has 184 valence electrons. The van der Waals surface area contributed by atoms with E-state index in [9.17, 15) is 24.9 Å². The Kier molecular flexibility index (Phi) is 20.5. The molecular weight excluding hydrogens is 418 g/mol. The number of carboxylic acid groups (broad SMARTS) is 1. The molecule has 0 radical (unpaired) electrons. The molecule has 0 spiro atoms. The average Bonchev–Trinajstić information content (AvgIpc) is 2.75. The standard InChI is InChI=1S/C23H45NO6S/c1-2-3-4-5-6-7-8-9-10-11-12-13-14-15-22(28)24-19(23(29)30)17-31-18-21(27)20(26)16-25/h19-21,25-27H,2-18H2,1H3,(H,24,28)(H,29,30)/t19-,20+,21-/m0/s1. The molecule has 8 heteroatoms. The minimum atomic E-state index is -1.25. The van der Waals surface area contributed by atoms with Crippen LogP contribution in [-0.2, 0) is 9.59 Å². The van der Waals surface area contributed by atoms with E-state index in [1.807, 2.05) is 0 Å². The molecule has 0 aromatic carbocycles. The molecule has 0 saturated carbocycles. The van der Waals surface area contributed by atoms with Crippen LogP contribution in [0.1, 0.15) is 96.8 Å². The lowest BCUT2D eigenvalue weighted by molar-refractivity contribution is -0.141. The SMILES string of the molecule is CCCCCCCCCCCCCCCC(=O)N[C@@H](CSC[C@H](O)[C@H](O)CO)C(=O)O. The van der Waals surface area contributed by atoms with E-state index in [-0.39, 0.29) is 17.4 Å². The van der Waals surface area contributed by atoms with Gasteiger partial charge in [0.2, 0.25) is 5.91 Å². The zero-order valence-electron chi connectivity index (χ0n) is 19.3. The van der Waals surface area contributed by atoms with E-state index in [2.05, 4.69) is 12.2 Å². The molecule has 0 aromatic rings. The van der Waals surface area contributed by atoms with Crippen LogP contribution in [0.3, 0.4) is 0 Å². The minimum absolute atomic E-state index is 0.0836. The van der Waals surface area contributed by atoms with Crippen molar-refractivity contribution >= 4 is 23.6 Å². The topological polar surface area (TPSA) is 127 Å². The molecule has 1 amide bonds. The van der Waals surface area contributed by atoms with Gasteiger partial charge in [-0.25, -0.2) is 4.79 Å². The maximum atomic E-state index is 12.0. The summed E-state index contributed by atoms with van der Waals surface area (Å²) in [6.45, 7) is 1.68. The van der Waals surface area contributed by atoms with Gasteiger partial charge in [0.15, 0.2) is 0 Å². The summed E-state index contributed by atoms with van der Waals surface area (Å²) >= 11 is 1.11. The molecule has 31 heavy (non-hydrogen) atoms. The molecule has 7 nitrogen and oxygen atoms in total. The van der Waals surface area contributed by atoms with Crippen molar-refractivity contribution in [2.24, 2.45) is 0 Å². The van der Waals surface area contributed by atoms with Crippen LogP contribution in [0.4, 0.5) is 0 Å². The second-order valence-electron chi connectivity index (χ2n) is 8.31. The molecule has 0 aliphatic rings. The number of hydrogen-bond donors (Lipinski definition) is 5. The number of aliphatic hydroxyl groups is 3. The summed E-state index contributed by atoms with van der Waals surface area (Å²) in [5, 5.41) is 39.4. The highest BCUT2D eigenvalue weighted by molar-refractivity contribution is 7.99. The molecule has 0 saturated heterocycles. The number of rotatable bonds is 22. The van der Waals surface area contributed by atoms with Gasteiger partial charge in [0, 0.05) is 17.9 Å². The lowest BCUT2D eigenvalue weighted by Crippen LogP contribution is -2.43. The second kappa shape index (κ2) is 21.0. The molecule has 0 bridgehead atoms. The van der Waals surface area contributed by atoms with Crippen molar-refractivity contribution in [2.45, 2.75) is 115 Å². The molecule has 0 unspecified atom stereocenters. The summed E-state index contributed by atoms with van der Waals surface area (Å²) in [6, 6.07) is -1.03. The number of thioether (sulfide) groups is 1. The Hall–Kier alpha value is -0.830. The van der Waals surface area contributed by atoms with E-state index in [0.717, 1.165) is 31.0 Å². The third kappa shape index (κ3) is 18.4. The summed E-state index contributed by atoms with van der Waals surface area (Å²) in [7, 11) is 0. The Bertz CT molecular complexity index is 452. The van der Waals surface area contributed by atoms with Crippen LogP contribution >= 0.6 is 11.8 Å². The fraction of sp³-hybridized carbons (Fsp3) is 0.913. The zero-order chi connectivity index (χ0) is 23.3. The first kappa shape index (κ1) is 30.2. The van der Waals surface area contributed by atoms with Gasteiger partial charge in [0.05, 0.1) is 12.7 Å². The molecule has 0 heterocycles. The van der Waals surface area contributed by atoms with Gasteiger partial charge in [0.1, 0.15) is 12.1 Å².